The van der Waals surface area contributed by atoms with Crippen molar-refractivity contribution in [3.8, 4) is 0 Å². The van der Waals surface area contributed by atoms with Gasteiger partial charge in [0.15, 0.2) is 5.78 Å². The van der Waals surface area contributed by atoms with Crippen LogP contribution in [-0.2, 0) is 4.79 Å². The van der Waals surface area contributed by atoms with Crippen molar-refractivity contribution in [3.63, 3.8) is 0 Å². The number of benzene rings is 1. The Morgan fingerprint density at radius 2 is 2.13 bits per heavy atom. The lowest BCUT2D eigenvalue weighted by Crippen LogP contribution is -2.47. The zero-order valence-corrected chi connectivity index (χ0v) is 14.4. The number of para-hydroxylation sites is 1. The second-order valence-corrected chi connectivity index (χ2v) is 7.30. The van der Waals surface area contributed by atoms with Gasteiger partial charge in [-0.15, -0.1) is 18.2 Å². The molecule has 0 spiro atoms. The van der Waals surface area contributed by atoms with Crippen molar-refractivity contribution in [1.29, 1.82) is 0 Å². The molecule has 0 saturated heterocycles. The summed E-state index contributed by atoms with van der Waals surface area (Å²) in [4.78, 5) is 16.6. The number of halogens is 1. The topological polar surface area (TPSA) is 32.9 Å². The van der Waals surface area contributed by atoms with Gasteiger partial charge in [0.25, 0.3) is 0 Å². The third-order valence-electron chi connectivity index (χ3n) is 5.34. The van der Waals surface area contributed by atoms with Crippen molar-refractivity contribution < 1.29 is 4.79 Å². The highest BCUT2D eigenvalue weighted by molar-refractivity contribution is 6.24. The number of rotatable bonds is 3. The number of H-pyrrole nitrogens is 1. The first-order valence-corrected chi connectivity index (χ1v) is 8.37. The molecule has 2 nitrogen and oxygen atoms in total. The van der Waals surface area contributed by atoms with E-state index in [1.165, 1.54) is 0 Å². The number of nitrogens with one attached hydrogen (secondary N) is 1. The maximum absolute atomic E-state index is 13.3. The Balaban J connectivity index is 2.18. The number of ketones is 1. The van der Waals surface area contributed by atoms with Gasteiger partial charge < -0.3 is 4.98 Å². The summed E-state index contributed by atoms with van der Waals surface area (Å²) in [6, 6.07) is 8.07. The van der Waals surface area contributed by atoms with Crippen molar-refractivity contribution in [2.24, 2.45) is 11.3 Å². The first-order chi connectivity index (χ1) is 10.9. The minimum absolute atomic E-state index is 0.0530. The lowest BCUT2D eigenvalue weighted by molar-refractivity contribution is -0.130. The fraction of sp³-hybridized carbons (Fsp3) is 0.350. The molecular weight excluding hydrogens is 306 g/mol. The fourth-order valence-corrected chi connectivity index (χ4v) is 4.09. The third kappa shape index (κ3) is 2.36. The molecule has 1 saturated carbocycles. The molecule has 120 valence electrons. The molecule has 0 amide bonds. The number of alkyl halides is 1. The van der Waals surface area contributed by atoms with E-state index < -0.39 is 5.41 Å². The molecule has 3 heteroatoms. The maximum atomic E-state index is 13.3. The summed E-state index contributed by atoms with van der Waals surface area (Å²) in [7, 11) is 0. The zero-order chi connectivity index (χ0) is 16.8. The zero-order valence-electron chi connectivity index (χ0n) is 13.6. The van der Waals surface area contributed by atoms with E-state index >= 15 is 0 Å². The monoisotopic (exact) mass is 327 g/mol. The quantitative estimate of drug-likeness (QED) is 0.608. The predicted molar refractivity (Wildman–Crippen MR) is 96.9 cm³/mol. The van der Waals surface area contributed by atoms with Crippen LogP contribution in [0, 0.1) is 11.3 Å². The fourth-order valence-electron chi connectivity index (χ4n) is 3.70. The van der Waals surface area contributed by atoms with Gasteiger partial charge in [0.05, 0.1) is 11.3 Å². The first kappa shape index (κ1) is 16.1. The summed E-state index contributed by atoms with van der Waals surface area (Å²) < 4.78 is 0. The first-order valence-electron chi connectivity index (χ1n) is 7.93. The van der Waals surface area contributed by atoms with E-state index in [-0.39, 0.29) is 23.0 Å². The van der Waals surface area contributed by atoms with Crippen LogP contribution >= 0.6 is 11.6 Å². The SMILES string of the molecule is C=C[C@@]1(C)C(=O)[C@H](c2c[nH]c3ccccc23)[C@@H](C(=C)C)C[C@H]1Cl. The van der Waals surface area contributed by atoms with Crippen LogP contribution in [0.15, 0.2) is 55.3 Å². The minimum atomic E-state index is -0.712. The molecule has 2 aromatic rings. The standard InChI is InChI=1S/C20H22ClNO/c1-5-20(4)17(21)10-14(12(2)3)18(19(20)23)15-11-22-16-9-7-6-8-13(15)16/h5-9,11,14,17-18,22H,1-2,10H2,3-4H3/t14-,17-,18+,20-/m1/s1. The largest absolute Gasteiger partial charge is 0.361 e. The van der Waals surface area contributed by atoms with Crippen molar-refractivity contribution in [2.45, 2.75) is 31.6 Å². The van der Waals surface area contributed by atoms with Gasteiger partial charge in [-0.1, -0.05) is 36.4 Å². The van der Waals surface area contributed by atoms with Crippen molar-refractivity contribution >= 4 is 28.3 Å². The molecule has 1 aromatic heterocycles. The number of hydrogen-bond acceptors (Lipinski definition) is 1. The molecule has 3 rings (SSSR count). The highest BCUT2D eigenvalue weighted by atomic mass is 35.5. The van der Waals surface area contributed by atoms with E-state index in [9.17, 15) is 4.79 Å². The summed E-state index contributed by atoms with van der Waals surface area (Å²) in [5, 5.41) is 0.840. The normalized spacial score (nSPS) is 31.3. The van der Waals surface area contributed by atoms with Gasteiger partial charge in [0.1, 0.15) is 0 Å². The van der Waals surface area contributed by atoms with E-state index in [2.05, 4.69) is 24.2 Å². The Hall–Kier alpha value is -1.80. The average Bonchev–Trinajstić information content (AvgIpc) is 2.96. The van der Waals surface area contributed by atoms with E-state index in [4.69, 9.17) is 11.6 Å². The van der Waals surface area contributed by atoms with E-state index in [1.807, 2.05) is 38.2 Å². The third-order valence-corrected chi connectivity index (χ3v) is 5.97. The Morgan fingerprint density at radius 3 is 2.78 bits per heavy atom. The van der Waals surface area contributed by atoms with Crippen LogP contribution < -0.4 is 0 Å². The molecule has 0 aliphatic heterocycles. The molecule has 1 aliphatic carbocycles. The molecule has 23 heavy (non-hydrogen) atoms. The maximum Gasteiger partial charge on any atom is 0.152 e. The second kappa shape index (κ2) is 5.68. The number of carbonyl (C=O) groups excluding carboxylic acids is 1. The summed E-state index contributed by atoms with van der Waals surface area (Å²) in [6.07, 6.45) is 4.40. The molecule has 1 aromatic carbocycles. The molecule has 1 N–H and O–H groups in total. The Labute approximate surface area is 142 Å². The van der Waals surface area contributed by atoms with Gasteiger partial charge in [-0.2, -0.15) is 0 Å². The van der Waals surface area contributed by atoms with Crippen molar-refractivity contribution in [2.75, 3.05) is 0 Å². The van der Waals surface area contributed by atoms with E-state index in [0.717, 1.165) is 28.5 Å². The number of allylic oxidation sites excluding steroid dienone is 2. The van der Waals surface area contributed by atoms with Gasteiger partial charge in [-0.05, 0) is 37.8 Å². The van der Waals surface area contributed by atoms with Crippen LogP contribution in [0.25, 0.3) is 10.9 Å². The molecule has 1 fully saturated rings. The second-order valence-electron chi connectivity index (χ2n) is 6.77. The number of aromatic amines is 1. The molecular formula is C20H22ClNO. The van der Waals surface area contributed by atoms with Gasteiger partial charge in [-0.3, -0.25) is 4.79 Å². The Morgan fingerprint density at radius 1 is 1.43 bits per heavy atom. The molecule has 0 unspecified atom stereocenters. The van der Waals surface area contributed by atoms with Gasteiger partial charge in [0.2, 0.25) is 0 Å². The van der Waals surface area contributed by atoms with Crippen molar-refractivity contribution in [3.05, 3.63) is 60.8 Å². The van der Waals surface area contributed by atoms with Gasteiger partial charge in [-0.25, -0.2) is 0 Å². The van der Waals surface area contributed by atoms with Crippen LogP contribution in [0.2, 0.25) is 0 Å². The highest BCUT2D eigenvalue weighted by Gasteiger charge is 2.50. The van der Waals surface area contributed by atoms with Crippen LogP contribution in [0.3, 0.4) is 0 Å². The molecule has 1 aliphatic rings. The average molecular weight is 328 g/mol. The lowest BCUT2D eigenvalue weighted by Gasteiger charge is -2.43. The minimum Gasteiger partial charge on any atom is -0.361 e. The molecule has 0 radical (unpaired) electrons. The smallest absolute Gasteiger partial charge is 0.152 e. The van der Waals surface area contributed by atoms with Crippen LogP contribution in [0.5, 0.6) is 0 Å². The highest BCUT2D eigenvalue weighted by Crippen LogP contribution is 2.50. The predicted octanol–water partition coefficient (Wildman–Crippen LogP) is 5.22. The van der Waals surface area contributed by atoms with Crippen LogP contribution in [-0.4, -0.2) is 16.1 Å². The van der Waals surface area contributed by atoms with Gasteiger partial charge in [0, 0.05) is 22.5 Å². The molecule has 1 heterocycles. The van der Waals surface area contributed by atoms with E-state index in [0.29, 0.717) is 0 Å². The number of Topliss-reactive ketones (excluding diaryl/α,β-unsaturated/α-hetero) is 1. The van der Waals surface area contributed by atoms with Crippen LogP contribution in [0.4, 0.5) is 0 Å². The number of hydrogen-bond donors (Lipinski definition) is 1. The summed E-state index contributed by atoms with van der Waals surface area (Å²) >= 11 is 6.56. The summed E-state index contributed by atoms with van der Waals surface area (Å²) in [5.74, 6) is -0.0459. The molecule has 0 bridgehead atoms. The summed E-state index contributed by atoms with van der Waals surface area (Å²) in [5.41, 5.74) is 2.38. The number of fused-ring (bicyclic) bond motifs is 1. The number of aromatic nitrogens is 1. The molecule has 4 atom stereocenters. The van der Waals surface area contributed by atoms with Gasteiger partial charge >= 0.3 is 0 Å². The number of carbonyl (C=O) groups is 1. The lowest BCUT2D eigenvalue weighted by atomic mass is 9.61. The summed E-state index contributed by atoms with van der Waals surface area (Å²) in [6.45, 7) is 11.9. The van der Waals surface area contributed by atoms with Crippen molar-refractivity contribution in [1.82, 2.24) is 4.98 Å². The Bertz CT molecular complexity index is 790. The van der Waals surface area contributed by atoms with Crippen LogP contribution in [0.1, 0.15) is 31.7 Å². The Kier molecular flexibility index (Phi) is 3.97. The van der Waals surface area contributed by atoms with E-state index in [1.54, 1.807) is 6.08 Å².